The Labute approximate surface area is 251 Å². The molecule has 0 bridgehead atoms. The Balaban J connectivity index is 1.09. The maximum Gasteiger partial charge on any atom is 0.145 e. The fourth-order valence-electron chi connectivity index (χ4n) is 6.20. The predicted octanol–water partition coefficient (Wildman–Crippen LogP) is 8.65. The lowest BCUT2D eigenvalue weighted by Gasteiger charge is -2.10. The van der Waals surface area contributed by atoms with Crippen molar-refractivity contribution in [2.24, 2.45) is 0 Å². The van der Waals surface area contributed by atoms with Crippen molar-refractivity contribution in [1.29, 1.82) is 0 Å². The van der Waals surface area contributed by atoms with Gasteiger partial charge in [0.25, 0.3) is 0 Å². The van der Waals surface area contributed by atoms with Crippen LogP contribution in [0.4, 0.5) is 0 Å². The zero-order valence-electron chi connectivity index (χ0n) is 23.4. The predicted molar refractivity (Wildman–Crippen MR) is 174 cm³/mol. The summed E-state index contributed by atoms with van der Waals surface area (Å²) in [4.78, 5) is 9.34. The van der Waals surface area contributed by atoms with Crippen LogP contribution in [0.2, 0.25) is 0 Å². The Hall–Kier alpha value is -6.21. The largest absolute Gasteiger partial charge is 0.457 e. The van der Waals surface area contributed by atoms with Crippen molar-refractivity contribution in [2.45, 2.75) is 0 Å². The van der Waals surface area contributed by atoms with Gasteiger partial charge in [0.1, 0.15) is 23.0 Å². The van der Waals surface area contributed by atoms with Gasteiger partial charge in [-0.2, -0.15) is 5.10 Å². The molecule has 4 aromatic carbocycles. The van der Waals surface area contributed by atoms with Gasteiger partial charge in [0.2, 0.25) is 0 Å². The van der Waals surface area contributed by atoms with E-state index in [0.29, 0.717) is 0 Å². The lowest BCUT2D eigenvalue weighted by atomic mass is 10.1. The summed E-state index contributed by atoms with van der Waals surface area (Å²) in [5.74, 6) is 2.33. The van der Waals surface area contributed by atoms with Crippen LogP contribution in [0.15, 0.2) is 146 Å². The van der Waals surface area contributed by atoms with Crippen LogP contribution in [0.25, 0.3) is 60.9 Å². The molecule has 208 valence electrons. The minimum atomic E-state index is 0.720. The van der Waals surface area contributed by atoms with E-state index in [0.717, 1.165) is 67.0 Å². The molecular weight excluding hydrogens is 544 g/mol. The van der Waals surface area contributed by atoms with E-state index in [1.807, 2.05) is 84.1 Å². The van der Waals surface area contributed by atoms with Crippen molar-refractivity contribution in [1.82, 2.24) is 28.9 Å². The van der Waals surface area contributed by atoms with E-state index in [4.69, 9.17) is 14.8 Å². The van der Waals surface area contributed by atoms with E-state index in [1.54, 1.807) is 0 Å². The molecule has 0 radical (unpaired) electrons. The summed E-state index contributed by atoms with van der Waals surface area (Å²) in [6, 6.07) is 41.0. The van der Waals surface area contributed by atoms with Crippen molar-refractivity contribution in [3.63, 3.8) is 0 Å². The van der Waals surface area contributed by atoms with E-state index in [2.05, 4.69) is 80.8 Å². The van der Waals surface area contributed by atoms with Gasteiger partial charge in [0.15, 0.2) is 0 Å². The molecule has 0 saturated heterocycles. The summed E-state index contributed by atoms with van der Waals surface area (Å²) in [5, 5.41) is 9.32. The van der Waals surface area contributed by atoms with E-state index in [1.165, 1.54) is 5.39 Å². The molecule has 0 spiro atoms. The van der Waals surface area contributed by atoms with E-state index in [-0.39, 0.29) is 0 Å². The van der Waals surface area contributed by atoms with Crippen LogP contribution >= 0.6 is 0 Å². The molecule has 7 nitrogen and oxygen atoms in total. The first-order valence-corrected chi connectivity index (χ1v) is 14.4. The highest BCUT2D eigenvalue weighted by Gasteiger charge is 2.16. The van der Waals surface area contributed by atoms with Crippen LogP contribution in [0.5, 0.6) is 11.5 Å². The molecular formula is C37H24N6O. The topological polar surface area (TPSA) is 62.7 Å². The zero-order valence-corrected chi connectivity index (χ0v) is 23.4. The van der Waals surface area contributed by atoms with Gasteiger partial charge >= 0.3 is 0 Å². The normalized spacial score (nSPS) is 11.6. The van der Waals surface area contributed by atoms with Crippen molar-refractivity contribution >= 4 is 43.7 Å². The molecule has 9 aromatic rings. The minimum absolute atomic E-state index is 0.720. The Kier molecular flexibility index (Phi) is 5.36. The molecule has 5 aromatic heterocycles. The maximum atomic E-state index is 6.44. The number of aromatic nitrogens is 6. The van der Waals surface area contributed by atoms with Crippen LogP contribution in [0.3, 0.4) is 0 Å². The molecule has 9 rings (SSSR count). The van der Waals surface area contributed by atoms with Crippen molar-refractivity contribution in [3.8, 4) is 28.7 Å². The third kappa shape index (κ3) is 3.80. The second-order valence-electron chi connectivity index (χ2n) is 10.7. The molecule has 0 amide bonds. The number of rotatable bonds is 5. The molecule has 0 aliphatic heterocycles. The van der Waals surface area contributed by atoms with Gasteiger partial charge in [0.05, 0.1) is 40.3 Å². The summed E-state index contributed by atoms with van der Waals surface area (Å²) in [6.07, 6.45) is 7.55. The molecule has 0 atom stereocenters. The standard InChI is InChI=1S/C37H24N6O/c1-4-15-34-29(11-1)31-18-17-28(22-35(31)43(34)36-16-5-6-19-38-36)44-27-10-7-9-25(21-27)41-24-26(23-40-41)42-33-14-3-2-12-30(33)32-13-8-20-39-37(32)42/h1-24H. The van der Waals surface area contributed by atoms with Gasteiger partial charge in [-0.3, -0.25) is 9.13 Å². The lowest BCUT2D eigenvalue weighted by Crippen LogP contribution is -1.97. The number of hydrogen-bond donors (Lipinski definition) is 0. The summed E-state index contributed by atoms with van der Waals surface area (Å²) >= 11 is 0. The van der Waals surface area contributed by atoms with E-state index in [9.17, 15) is 0 Å². The Morgan fingerprint density at radius 3 is 2.09 bits per heavy atom. The third-order valence-corrected chi connectivity index (χ3v) is 8.10. The molecule has 0 unspecified atom stereocenters. The second kappa shape index (κ2) is 9.68. The van der Waals surface area contributed by atoms with E-state index < -0.39 is 0 Å². The van der Waals surface area contributed by atoms with Crippen LogP contribution in [0.1, 0.15) is 0 Å². The Bertz CT molecular complexity index is 2430. The fourth-order valence-corrected chi connectivity index (χ4v) is 6.20. The zero-order chi connectivity index (χ0) is 29.0. The van der Waals surface area contributed by atoms with Crippen LogP contribution in [0, 0.1) is 0 Å². The van der Waals surface area contributed by atoms with Crippen molar-refractivity contribution in [2.75, 3.05) is 0 Å². The summed E-state index contributed by atoms with van der Waals surface area (Å²) in [6.45, 7) is 0. The maximum absolute atomic E-state index is 6.44. The van der Waals surface area contributed by atoms with Gasteiger partial charge in [-0.15, -0.1) is 0 Å². The molecule has 44 heavy (non-hydrogen) atoms. The average molecular weight is 569 g/mol. The number of ether oxygens (including phenoxy) is 1. The molecule has 7 heteroatoms. The highest BCUT2D eigenvalue weighted by molar-refractivity contribution is 6.09. The number of para-hydroxylation sites is 2. The SMILES string of the molecule is c1ccc(-n2c3ccccc3c3ccc(Oc4cccc(-n5cc(-n6c7ccccc7c7cccnc76)cn5)c4)cc32)nc1. The van der Waals surface area contributed by atoms with E-state index >= 15 is 0 Å². The Morgan fingerprint density at radius 1 is 0.500 bits per heavy atom. The number of nitrogens with zero attached hydrogens (tertiary/aromatic N) is 6. The first kappa shape index (κ1) is 24.4. The van der Waals surface area contributed by atoms with Crippen LogP contribution < -0.4 is 4.74 Å². The Morgan fingerprint density at radius 2 is 1.23 bits per heavy atom. The molecule has 0 saturated carbocycles. The first-order valence-electron chi connectivity index (χ1n) is 14.4. The van der Waals surface area contributed by atoms with Gasteiger partial charge in [0, 0.05) is 46.1 Å². The number of pyridine rings is 2. The van der Waals surface area contributed by atoms with Crippen molar-refractivity contribution in [3.05, 3.63) is 146 Å². The van der Waals surface area contributed by atoms with Gasteiger partial charge in [-0.25, -0.2) is 14.6 Å². The lowest BCUT2D eigenvalue weighted by molar-refractivity contribution is 0.483. The second-order valence-corrected chi connectivity index (χ2v) is 10.7. The summed E-state index contributed by atoms with van der Waals surface area (Å²) in [7, 11) is 0. The number of benzene rings is 4. The van der Waals surface area contributed by atoms with Crippen LogP contribution in [-0.2, 0) is 0 Å². The highest BCUT2D eigenvalue weighted by atomic mass is 16.5. The number of fused-ring (bicyclic) bond motifs is 6. The number of hydrogen-bond acceptors (Lipinski definition) is 4. The molecule has 0 aliphatic carbocycles. The molecule has 0 N–H and O–H groups in total. The highest BCUT2D eigenvalue weighted by Crippen LogP contribution is 2.35. The third-order valence-electron chi connectivity index (χ3n) is 8.10. The van der Waals surface area contributed by atoms with Gasteiger partial charge < -0.3 is 4.74 Å². The fraction of sp³-hybridized carbons (Fsp3) is 0. The smallest absolute Gasteiger partial charge is 0.145 e. The monoisotopic (exact) mass is 568 g/mol. The molecule has 5 heterocycles. The quantitative estimate of drug-likeness (QED) is 0.208. The summed E-state index contributed by atoms with van der Waals surface area (Å²) < 4.78 is 12.6. The van der Waals surface area contributed by atoms with Crippen molar-refractivity contribution < 1.29 is 4.74 Å². The van der Waals surface area contributed by atoms with Gasteiger partial charge in [-0.05, 0) is 60.7 Å². The van der Waals surface area contributed by atoms with Crippen LogP contribution in [-0.4, -0.2) is 28.9 Å². The average Bonchev–Trinajstić information content (AvgIpc) is 3.78. The molecule has 0 fully saturated rings. The first-order chi connectivity index (χ1) is 21.8. The van der Waals surface area contributed by atoms with Gasteiger partial charge in [-0.1, -0.05) is 48.5 Å². The summed E-state index contributed by atoms with van der Waals surface area (Å²) in [5.41, 5.74) is 5.98. The minimum Gasteiger partial charge on any atom is -0.457 e. The molecule has 0 aliphatic rings.